The van der Waals surface area contributed by atoms with Crippen LogP contribution in [-0.4, -0.2) is 37.6 Å². The fourth-order valence-electron chi connectivity index (χ4n) is 1.75. The number of primary amides is 1. The van der Waals surface area contributed by atoms with Crippen LogP contribution in [0.5, 0.6) is 5.75 Å². The molecule has 1 rings (SSSR count). The first kappa shape index (κ1) is 16.0. The number of benzene rings is 1. The number of anilines is 1. The molecule has 0 bridgehead atoms. The van der Waals surface area contributed by atoms with Crippen LogP contribution in [0.15, 0.2) is 36.5 Å². The van der Waals surface area contributed by atoms with Crippen LogP contribution in [0.4, 0.5) is 5.69 Å². The van der Waals surface area contributed by atoms with Crippen molar-refractivity contribution in [3.63, 3.8) is 0 Å². The van der Waals surface area contributed by atoms with Gasteiger partial charge in [0.2, 0.25) is 5.91 Å². The first-order valence-corrected chi connectivity index (χ1v) is 6.59. The molecule has 0 fully saturated rings. The summed E-state index contributed by atoms with van der Waals surface area (Å²) in [6.45, 7) is 7.36. The largest absolute Gasteiger partial charge is 0.494 e. The van der Waals surface area contributed by atoms with Crippen LogP contribution < -0.4 is 15.8 Å². The minimum absolute atomic E-state index is 0.279. The molecule has 0 aromatic heterocycles. The zero-order valence-corrected chi connectivity index (χ0v) is 12.2. The van der Waals surface area contributed by atoms with Gasteiger partial charge in [-0.05, 0) is 44.7 Å². The van der Waals surface area contributed by atoms with Gasteiger partial charge in [-0.2, -0.15) is 0 Å². The molecule has 0 spiro atoms. The molecule has 0 aliphatic carbocycles. The number of nitrogens with zero attached hydrogens (tertiary/aromatic N) is 1. The molecular formula is C15H23N3O2. The standard InChI is InChI=1S/C15H23N3O2/c1-12(2)17-13-5-7-14(8-6-13)20-10-4-9-18(3)11-15(16)19/h5-8,17H,1,4,9-11H2,2-3H3,(H2,16,19). The molecule has 20 heavy (non-hydrogen) atoms. The van der Waals surface area contributed by atoms with E-state index in [4.69, 9.17) is 10.5 Å². The smallest absolute Gasteiger partial charge is 0.231 e. The normalized spacial score (nSPS) is 10.3. The number of ether oxygens (including phenoxy) is 1. The third-order valence-electron chi connectivity index (χ3n) is 2.59. The van der Waals surface area contributed by atoms with Crippen LogP contribution >= 0.6 is 0 Å². The summed E-state index contributed by atoms with van der Waals surface area (Å²) in [6, 6.07) is 7.73. The van der Waals surface area contributed by atoms with E-state index in [1.54, 1.807) is 0 Å². The highest BCUT2D eigenvalue weighted by Crippen LogP contribution is 2.16. The Morgan fingerprint density at radius 3 is 2.60 bits per heavy atom. The van der Waals surface area contributed by atoms with Crippen molar-refractivity contribution >= 4 is 11.6 Å². The number of likely N-dealkylation sites (N-methyl/N-ethyl adjacent to an activating group) is 1. The van der Waals surface area contributed by atoms with Crippen LogP contribution in [-0.2, 0) is 4.79 Å². The van der Waals surface area contributed by atoms with Gasteiger partial charge in [0, 0.05) is 17.9 Å². The molecule has 1 aromatic carbocycles. The highest BCUT2D eigenvalue weighted by atomic mass is 16.5. The molecule has 0 radical (unpaired) electrons. The molecule has 0 atom stereocenters. The van der Waals surface area contributed by atoms with Crippen molar-refractivity contribution in [1.82, 2.24) is 4.90 Å². The number of rotatable bonds is 9. The van der Waals surface area contributed by atoms with E-state index in [-0.39, 0.29) is 12.5 Å². The molecule has 0 aliphatic heterocycles. The monoisotopic (exact) mass is 277 g/mol. The van der Waals surface area contributed by atoms with Gasteiger partial charge in [-0.3, -0.25) is 9.69 Å². The quantitative estimate of drug-likeness (QED) is 0.676. The number of nitrogens with two attached hydrogens (primary N) is 1. The predicted molar refractivity (Wildman–Crippen MR) is 81.7 cm³/mol. The second-order valence-corrected chi connectivity index (χ2v) is 4.84. The molecule has 0 heterocycles. The molecule has 5 heteroatoms. The molecule has 0 saturated heterocycles. The van der Waals surface area contributed by atoms with Crippen molar-refractivity contribution in [2.24, 2.45) is 5.73 Å². The minimum atomic E-state index is -0.311. The Kier molecular flexibility index (Phi) is 6.59. The fourth-order valence-corrected chi connectivity index (χ4v) is 1.75. The van der Waals surface area contributed by atoms with Crippen LogP contribution in [0.3, 0.4) is 0 Å². The number of allylic oxidation sites excluding steroid dienone is 1. The maximum absolute atomic E-state index is 10.7. The lowest BCUT2D eigenvalue weighted by Gasteiger charge is -2.14. The first-order valence-electron chi connectivity index (χ1n) is 6.59. The summed E-state index contributed by atoms with van der Waals surface area (Å²) in [6.07, 6.45) is 0.843. The van der Waals surface area contributed by atoms with Gasteiger partial charge in [0.1, 0.15) is 5.75 Å². The summed E-state index contributed by atoms with van der Waals surface area (Å²) < 4.78 is 5.63. The number of hydrogen-bond donors (Lipinski definition) is 2. The second-order valence-electron chi connectivity index (χ2n) is 4.84. The van der Waals surface area contributed by atoms with E-state index in [2.05, 4.69) is 11.9 Å². The van der Waals surface area contributed by atoms with E-state index in [0.29, 0.717) is 6.61 Å². The van der Waals surface area contributed by atoms with Crippen molar-refractivity contribution < 1.29 is 9.53 Å². The third-order valence-corrected chi connectivity index (χ3v) is 2.59. The molecular weight excluding hydrogens is 254 g/mol. The molecule has 0 saturated carbocycles. The van der Waals surface area contributed by atoms with E-state index >= 15 is 0 Å². The van der Waals surface area contributed by atoms with E-state index in [1.165, 1.54) is 0 Å². The fraction of sp³-hybridized carbons (Fsp3) is 0.400. The lowest BCUT2D eigenvalue weighted by Crippen LogP contribution is -2.31. The van der Waals surface area contributed by atoms with Gasteiger partial charge in [-0.1, -0.05) is 6.58 Å². The Balaban J connectivity index is 2.25. The highest BCUT2D eigenvalue weighted by Gasteiger charge is 2.02. The Labute approximate surface area is 120 Å². The topological polar surface area (TPSA) is 67.6 Å². The van der Waals surface area contributed by atoms with Gasteiger partial charge in [-0.25, -0.2) is 0 Å². The second kappa shape index (κ2) is 8.22. The van der Waals surface area contributed by atoms with Crippen molar-refractivity contribution in [2.45, 2.75) is 13.3 Å². The van der Waals surface area contributed by atoms with Gasteiger partial charge >= 0.3 is 0 Å². The number of amides is 1. The maximum Gasteiger partial charge on any atom is 0.231 e. The van der Waals surface area contributed by atoms with Crippen LogP contribution in [0.25, 0.3) is 0 Å². The van der Waals surface area contributed by atoms with Crippen molar-refractivity contribution in [1.29, 1.82) is 0 Å². The SMILES string of the molecule is C=C(C)Nc1ccc(OCCCN(C)CC(N)=O)cc1. The van der Waals surface area contributed by atoms with E-state index in [0.717, 1.165) is 30.1 Å². The van der Waals surface area contributed by atoms with E-state index < -0.39 is 0 Å². The Hall–Kier alpha value is -2.01. The summed E-state index contributed by atoms with van der Waals surface area (Å²) in [5, 5.41) is 3.13. The number of hydrogen-bond acceptors (Lipinski definition) is 4. The highest BCUT2D eigenvalue weighted by molar-refractivity contribution is 5.75. The van der Waals surface area contributed by atoms with Crippen LogP contribution in [0.1, 0.15) is 13.3 Å². The molecule has 1 aromatic rings. The van der Waals surface area contributed by atoms with Gasteiger partial charge < -0.3 is 15.8 Å². The van der Waals surface area contributed by atoms with Gasteiger partial charge in [0.05, 0.1) is 13.2 Å². The van der Waals surface area contributed by atoms with Gasteiger partial charge in [0.25, 0.3) is 0 Å². The number of nitrogens with one attached hydrogen (secondary N) is 1. The van der Waals surface area contributed by atoms with Crippen LogP contribution in [0, 0.1) is 0 Å². The van der Waals surface area contributed by atoms with Gasteiger partial charge in [0.15, 0.2) is 0 Å². The minimum Gasteiger partial charge on any atom is -0.494 e. The number of carbonyl (C=O) groups is 1. The zero-order valence-electron chi connectivity index (χ0n) is 12.2. The maximum atomic E-state index is 10.7. The van der Waals surface area contributed by atoms with Crippen molar-refractivity contribution in [3.8, 4) is 5.75 Å². The first-order chi connectivity index (χ1) is 9.47. The molecule has 1 amide bonds. The lowest BCUT2D eigenvalue weighted by molar-refractivity contribution is -0.118. The van der Waals surface area contributed by atoms with Crippen molar-refractivity contribution in [2.75, 3.05) is 32.1 Å². The Bertz CT molecular complexity index is 443. The van der Waals surface area contributed by atoms with E-state index in [1.807, 2.05) is 43.1 Å². The molecule has 0 unspecified atom stereocenters. The summed E-state index contributed by atoms with van der Waals surface area (Å²) in [4.78, 5) is 12.6. The average Bonchev–Trinajstić information content (AvgIpc) is 2.35. The summed E-state index contributed by atoms with van der Waals surface area (Å²) in [7, 11) is 1.86. The lowest BCUT2D eigenvalue weighted by atomic mass is 10.3. The molecule has 110 valence electrons. The predicted octanol–water partition coefficient (Wildman–Crippen LogP) is 1.82. The molecule has 5 nitrogen and oxygen atoms in total. The molecule has 0 aliphatic rings. The zero-order chi connectivity index (χ0) is 15.0. The molecule has 3 N–H and O–H groups in total. The Morgan fingerprint density at radius 1 is 1.40 bits per heavy atom. The summed E-state index contributed by atoms with van der Waals surface area (Å²) in [5.41, 5.74) is 7.00. The Morgan fingerprint density at radius 2 is 2.05 bits per heavy atom. The van der Waals surface area contributed by atoms with Crippen molar-refractivity contribution in [3.05, 3.63) is 36.5 Å². The average molecular weight is 277 g/mol. The van der Waals surface area contributed by atoms with Crippen LogP contribution in [0.2, 0.25) is 0 Å². The third kappa shape index (κ3) is 6.80. The number of carbonyl (C=O) groups excluding carboxylic acids is 1. The van der Waals surface area contributed by atoms with Gasteiger partial charge in [-0.15, -0.1) is 0 Å². The summed E-state index contributed by atoms with van der Waals surface area (Å²) in [5.74, 6) is 0.517. The summed E-state index contributed by atoms with van der Waals surface area (Å²) >= 11 is 0. The van der Waals surface area contributed by atoms with E-state index in [9.17, 15) is 4.79 Å².